The summed E-state index contributed by atoms with van der Waals surface area (Å²) in [5.74, 6) is -1.35. The van der Waals surface area contributed by atoms with Crippen molar-refractivity contribution in [1.29, 1.82) is 0 Å². The van der Waals surface area contributed by atoms with E-state index in [1.807, 2.05) is 0 Å². The van der Waals surface area contributed by atoms with Crippen LogP contribution in [0.15, 0.2) is 30.3 Å². The topological polar surface area (TPSA) is 35.5 Å². The number of carbonyl (C=O) groups is 1. The number of rotatable bonds is 7. The molecule has 26 heavy (non-hydrogen) atoms. The highest BCUT2D eigenvalue weighted by molar-refractivity contribution is 6.31. The van der Waals surface area contributed by atoms with Crippen LogP contribution in [0.2, 0.25) is 5.02 Å². The molecule has 0 saturated heterocycles. The van der Waals surface area contributed by atoms with E-state index in [-0.39, 0.29) is 40.7 Å². The second-order valence-corrected chi connectivity index (χ2v) is 5.88. The molecule has 2 rings (SSSR count). The quantitative estimate of drug-likeness (QED) is 0.440. The van der Waals surface area contributed by atoms with E-state index in [0.29, 0.717) is 12.0 Å². The van der Waals surface area contributed by atoms with Crippen molar-refractivity contribution in [3.05, 3.63) is 57.9 Å². The van der Waals surface area contributed by atoms with Crippen molar-refractivity contribution < 1.29 is 27.4 Å². The second-order valence-electron chi connectivity index (χ2n) is 5.47. The molecule has 0 aromatic heterocycles. The third-order valence-corrected chi connectivity index (χ3v) is 4.11. The molecule has 0 aliphatic heterocycles. The van der Waals surface area contributed by atoms with Crippen LogP contribution in [-0.4, -0.2) is 5.97 Å². The maximum absolute atomic E-state index is 14.1. The highest BCUT2D eigenvalue weighted by Gasteiger charge is 2.19. The molecule has 0 aliphatic carbocycles. The molecule has 0 atom stereocenters. The molecule has 140 valence electrons. The van der Waals surface area contributed by atoms with Crippen molar-refractivity contribution in [3.8, 4) is 11.5 Å². The second kappa shape index (κ2) is 8.94. The smallest absolute Gasteiger partial charge is 0.310 e. The van der Waals surface area contributed by atoms with Gasteiger partial charge in [-0.05, 0) is 36.2 Å². The lowest BCUT2D eigenvalue weighted by atomic mass is 10.1. The van der Waals surface area contributed by atoms with E-state index in [1.54, 1.807) is 13.8 Å². The SMILES string of the molecule is CCC(=O)Oc1cccc(F)c1COc1cc(Cl)c(CC)cc1C(F)F. The molecule has 2 aromatic carbocycles. The first-order valence-electron chi connectivity index (χ1n) is 8.08. The molecular formula is C19H18ClF3O3. The average Bonchev–Trinajstić information content (AvgIpc) is 2.60. The van der Waals surface area contributed by atoms with Gasteiger partial charge in [0, 0.05) is 11.4 Å². The summed E-state index contributed by atoms with van der Waals surface area (Å²) in [4.78, 5) is 11.5. The Bertz CT molecular complexity index is 794. The predicted octanol–water partition coefficient (Wildman–Crippen LogP) is 5.87. The highest BCUT2D eigenvalue weighted by Crippen LogP contribution is 2.35. The molecule has 0 unspecified atom stereocenters. The number of carbonyl (C=O) groups excluding carboxylic acids is 1. The zero-order valence-electron chi connectivity index (χ0n) is 14.3. The largest absolute Gasteiger partial charge is 0.488 e. The lowest BCUT2D eigenvalue weighted by molar-refractivity contribution is -0.134. The molecule has 0 fully saturated rings. The minimum Gasteiger partial charge on any atom is -0.488 e. The van der Waals surface area contributed by atoms with Gasteiger partial charge in [-0.3, -0.25) is 4.79 Å². The molecule has 0 N–H and O–H groups in total. The first-order valence-corrected chi connectivity index (χ1v) is 8.46. The molecule has 7 heteroatoms. The van der Waals surface area contributed by atoms with Crippen LogP contribution in [0.3, 0.4) is 0 Å². The number of ether oxygens (including phenoxy) is 2. The number of hydrogen-bond donors (Lipinski definition) is 0. The van der Waals surface area contributed by atoms with Crippen LogP contribution in [0, 0.1) is 5.82 Å². The van der Waals surface area contributed by atoms with Crippen LogP contribution in [0.25, 0.3) is 0 Å². The number of halogens is 4. The molecule has 2 aromatic rings. The Hall–Kier alpha value is -2.21. The van der Waals surface area contributed by atoms with Crippen LogP contribution in [0.1, 0.15) is 43.4 Å². The Morgan fingerprint density at radius 1 is 1.19 bits per heavy atom. The Kier molecular flexibility index (Phi) is 6.91. The van der Waals surface area contributed by atoms with Gasteiger partial charge in [-0.15, -0.1) is 0 Å². The summed E-state index contributed by atoms with van der Waals surface area (Å²) in [5, 5.41) is 0.290. The normalized spacial score (nSPS) is 10.9. The fourth-order valence-electron chi connectivity index (χ4n) is 2.30. The molecule has 0 amide bonds. The molecule has 0 heterocycles. The summed E-state index contributed by atoms with van der Waals surface area (Å²) in [7, 11) is 0. The van der Waals surface area contributed by atoms with Crippen LogP contribution >= 0.6 is 11.6 Å². The number of benzene rings is 2. The highest BCUT2D eigenvalue weighted by atomic mass is 35.5. The summed E-state index contributed by atoms with van der Waals surface area (Å²) in [6.07, 6.45) is -2.17. The predicted molar refractivity (Wildman–Crippen MR) is 92.4 cm³/mol. The number of alkyl halides is 2. The lowest BCUT2D eigenvalue weighted by Gasteiger charge is -2.16. The van der Waals surface area contributed by atoms with Gasteiger partial charge in [0.1, 0.15) is 23.9 Å². The van der Waals surface area contributed by atoms with E-state index in [0.717, 1.165) is 0 Å². The van der Waals surface area contributed by atoms with E-state index in [2.05, 4.69) is 0 Å². The summed E-state index contributed by atoms with van der Waals surface area (Å²) < 4.78 is 51.2. The van der Waals surface area contributed by atoms with Crippen molar-refractivity contribution in [3.63, 3.8) is 0 Å². The summed E-state index contributed by atoms with van der Waals surface area (Å²) in [6.45, 7) is 3.01. The fourth-order valence-corrected chi connectivity index (χ4v) is 2.59. The van der Waals surface area contributed by atoms with E-state index in [9.17, 15) is 18.0 Å². The summed E-state index contributed by atoms with van der Waals surface area (Å²) >= 11 is 6.07. The minimum atomic E-state index is -2.77. The van der Waals surface area contributed by atoms with Gasteiger partial charge in [-0.2, -0.15) is 0 Å². The molecule has 3 nitrogen and oxygen atoms in total. The fraction of sp³-hybridized carbons (Fsp3) is 0.316. The first-order chi connectivity index (χ1) is 12.4. The lowest BCUT2D eigenvalue weighted by Crippen LogP contribution is -2.10. The third kappa shape index (κ3) is 4.69. The Morgan fingerprint density at radius 3 is 2.54 bits per heavy atom. The van der Waals surface area contributed by atoms with Gasteiger partial charge in [0.2, 0.25) is 0 Å². The third-order valence-electron chi connectivity index (χ3n) is 3.76. The zero-order valence-corrected chi connectivity index (χ0v) is 15.1. The van der Waals surface area contributed by atoms with Crippen molar-refractivity contribution in [1.82, 2.24) is 0 Å². The van der Waals surface area contributed by atoms with E-state index < -0.39 is 18.2 Å². The number of hydrogen-bond acceptors (Lipinski definition) is 3. The maximum atomic E-state index is 14.1. The molecule has 0 aliphatic rings. The van der Waals surface area contributed by atoms with Crippen LogP contribution in [0.5, 0.6) is 11.5 Å². The van der Waals surface area contributed by atoms with Gasteiger partial charge in [0.25, 0.3) is 6.43 Å². The van der Waals surface area contributed by atoms with Crippen LogP contribution in [0.4, 0.5) is 13.2 Å². The van der Waals surface area contributed by atoms with Gasteiger partial charge in [-0.1, -0.05) is 31.5 Å². The Morgan fingerprint density at radius 2 is 1.92 bits per heavy atom. The Labute approximate surface area is 154 Å². The van der Waals surface area contributed by atoms with Crippen LogP contribution in [-0.2, 0) is 17.8 Å². The van der Waals surface area contributed by atoms with E-state index in [4.69, 9.17) is 21.1 Å². The average molecular weight is 387 g/mol. The van der Waals surface area contributed by atoms with Gasteiger partial charge >= 0.3 is 5.97 Å². The van der Waals surface area contributed by atoms with Gasteiger partial charge in [0.05, 0.1) is 11.1 Å². The Balaban J connectivity index is 2.32. The summed E-state index contributed by atoms with van der Waals surface area (Å²) in [5.41, 5.74) is 0.206. The number of esters is 1. The van der Waals surface area contributed by atoms with Gasteiger partial charge < -0.3 is 9.47 Å². The molecule has 0 bridgehead atoms. The van der Waals surface area contributed by atoms with Crippen molar-refractivity contribution in [2.45, 2.75) is 39.7 Å². The van der Waals surface area contributed by atoms with Crippen molar-refractivity contribution in [2.75, 3.05) is 0 Å². The van der Waals surface area contributed by atoms with E-state index in [1.165, 1.54) is 30.3 Å². The monoisotopic (exact) mass is 386 g/mol. The first kappa shape index (κ1) is 20.1. The standard InChI is InChI=1S/C19H18ClF3O3/c1-3-11-8-12(19(22)23)17(9-14(11)20)25-10-13-15(21)6-5-7-16(13)26-18(24)4-2/h5-9,19H,3-4,10H2,1-2H3. The van der Waals surface area contributed by atoms with Gasteiger partial charge in [-0.25, -0.2) is 13.2 Å². The molecule has 0 saturated carbocycles. The zero-order chi connectivity index (χ0) is 19.3. The van der Waals surface area contributed by atoms with Crippen LogP contribution < -0.4 is 9.47 Å². The maximum Gasteiger partial charge on any atom is 0.310 e. The molecular weight excluding hydrogens is 369 g/mol. The van der Waals surface area contributed by atoms with Gasteiger partial charge in [0.15, 0.2) is 0 Å². The number of aryl methyl sites for hydroxylation is 1. The van der Waals surface area contributed by atoms with E-state index >= 15 is 0 Å². The van der Waals surface area contributed by atoms with Crippen molar-refractivity contribution in [2.24, 2.45) is 0 Å². The molecule has 0 radical (unpaired) electrons. The molecule has 0 spiro atoms. The minimum absolute atomic E-state index is 0.00766. The van der Waals surface area contributed by atoms with Crippen molar-refractivity contribution >= 4 is 17.6 Å². The summed E-state index contributed by atoms with van der Waals surface area (Å²) in [6, 6.07) is 6.54.